The first kappa shape index (κ1) is 8.86. The van der Waals surface area contributed by atoms with Gasteiger partial charge < -0.3 is 5.43 Å². The zero-order chi connectivity index (χ0) is 9.42. The van der Waals surface area contributed by atoms with Crippen molar-refractivity contribution in [1.29, 1.82) is 0 Å². The molecule has 0 bridgehead atoms. The van der Waals surface area contributed by atoms with Crippen molar-refractivity contribution >= 4 is 43.3 Å². The van der Waals surface area contributed by atoms with Gasteiger partial charge in [-0.15, -0.1) is 11.3 Å². The highest BCUT2D eigenvalue weighted by Gasteiger charge is 2.11. The van der Waals surface area contributed by atoms with E-state index in [-0.39, 0.29) is 0 Å². The number of fused-ring (bicyclic) bond motifs is 1. The molecule has 3 N–H and O–H groups in total. The molecule has 2 aromatic heterocycles. The Bertz CT molecular complexity index is 453. The fraction of sp³-hybridized carbons (Fsp3) is 0.143. The van der Waals surface area contributed by atoms with Gasteiger partial charge in [-0.05, 0) is 28.4 Å². The highest BCUT2D eigenvalue weighted by Crippen LogP contribution is 2.35. The number of nitrogens with one attached hydrogen (secondary N) is 1. The number of thiophene rings is 1. The summed E-state index contributed by atoms with van der Waals surface area (Å²) in [6, 6.07) is 0. The van der Waals surface area contributed by atoms with E-state index in [4.69, 9.17) is 5.84 Å². The maximum atomic E-state index is 5.34. The van der Waals surface area contributed by atoms with Crippen molar-refractivity contribution in [2.45, 2.75) is 6.92 Å². The average Bonchev–Trinajstić information content (AvgIpc) is 2.43. The monoisotopic (exact) mass is 258 g/mol. The molecule has 0 saturated carbocycles. The first-order valence-corrected chi connectivity index (χ1v) is 5.21. The van der Waals surface area contributed by atoms with Gasteiger partial charge in [0.2, 0.25) is 0 Å². The molecule has 0 atom stereocenters. The first-order valence-electron chi connectivity index (χ1n) is 3.60. The molecule has 0 amide bonds. The van der Waals surface area contributed by atoms with E-state index in [1.54, 1.807) is 11.3 Å². The molecule has 68 valence electrons. The van der Waals surface area contributed by atoms with Gasteiger partial charge in [0.25, 0.3) is 0 Å². The number of nitrogens with zero attached hydrogens (tertiary/aromatic N) is 2. The number of anilines is 1. The van der Waals surface area contributed by atoms with E-state index in [0.29, 0.717) is 5.82 Å². The quantitative estimate of drug-likeness (QED) is 0.607. The second kappa shape index (κ2) is 3.21. The summed E-state index contributed by atoms with van der Waals surface area (Å²) in [6.45, 7) is 2.01. The van der Waals surface area contributed by atoms with Crippen molar-refractivity contribution in [3.63, 3.8) is 0 Å². The van der Waals surface area contributed by atoms with E-state index in [9.17, 15) is 0 Å². The molecule has 0 radical (unpaired) electrons. The van der Waals surface area contributed by atoms with E-state index in [2.05, 4.69) is 31.3 Å². The Kier molecular flexibility index (Phi) is 2.19. The minimum absolute atomic E-state index is 0.671. The van der Waals surface area contributed by atoms with Crippen LogP contribution in [0.15, 0.2) is 10.1 Å². The lowest BCUT2D eigenvalue weighted by Crippen LogP contribution is -2.08. The highest BCUT2D eigenvalue weighted by molar-refractivity contribution is 9.11. The molecular weight excluding hydrogens is 252 g/mol. The van der Waals surface area contributed by atoms with Gasteiger partial charge in [-0.1, -0.05) is 0 Å². The van der Waals surface area contributed by atoms with Gasteiger partial charge in [-0.3, -0.25) is 0 Å². The molecule has 2 aromatic rings. The van der Waals surface area contributed by atoms with Crippen LogP contribution in [0.1, 0.15) is 5.56 Å². The zero-order valence-electron chi connectivity index (χ0n) is 6.84. The summed E-state index contributed by atoms with van der Waals surface area (Å²) in [5, 5.41) is 0.988. The van der Waals surface area contributed by atoms with Crippen LogP contribution in [-0.4, -0.2) is 9.97 Å². The van der Waals surface area contributed by atoms with Crippen LogP contribution in [0.4, 0.5) is 5.82 Å². The standard InChI is InChI=1S/C7H7BrN4S/c1-3-4-6(12-9)10-2-11-7(4)13-5(3)8/h2H,9H2,1H3,(H,10,11,12). The highest BCUT2D eigenvalue weighted by atomic mass is 79.9. The fourth-order valence-electron chi connectivity index (χ4n) is 1.15. The number of hydrogen-bond donors (Lipinski definition) is 2. The van der Waals surface area contributed by atoms with Crippen molar-refractivity contribution in [3.8, 4) is 0 Å². The molecule has 0 aliphatic heterocycles. The van der Waals surface area contributed by atoms with Gasteiger partial charge in [0.1, 0.15) is 11.2 Å². The molecule has 0 aromatic carbocycles. The van der Waals surface area contributed by atoms with Crippen molar-refractivity contribution in [3.05, 3.63) is 15.7 Å². The Morgan fingerprint density at radius 2 is 2.31 bits per heavy atom. The topological polar surface area (TPSA) is 63.8 Å². The van der Waals surface area contributed by atoms with E-state index < -0.39 is 0 Å². The van der Waals surface area contributed by atoms with Crippen LogP contribution in [0.25, 0.3) is 10.2 Å². The molecule has 0 spiro atoms. The molecule has 0 fully saturated rings. The predicted molar refractivity (Wildman–Crippen MR) is 57.7 cm³/mol. The van der Waals surface area contributed by atoms with Crippen LogP contribution in [0.2, 0.25) is 0 Å². The van der Waals surface area contributed by atoms with Crippen LogP contribution in [0.5, 0.6) is 0 Å². The number of aromatic nitrogens is 2. The fourth-order valence-corrected chi connectivity index (χ4v) is 2.69. The smallest absolute Gasteiger partial charge is 0.152 e. The maximum absolute atomic E-state index is 5.34. The van der Waals surface area contributed by atoms with Crippen molar-refractivity contribution in [2.75, 3.05) is 5.43 Å². The predicted octanol–water partition coefficient (Wildman–Crippen LogP) is 2.05. The Morgan fingerprint density at radius 1 is 1.54 bits per heavy atom. The van der Waals surface area contributed by atoms with Crippen molar-refractivity contribution in [1.82, 2.24) is 9.97 Å². The van der Waals surface area contributed by atoms with Gasteiger partial charge in [-0.25, -0.2) is 15.8 Å². The zero-order valence-corrected chi connectivity index (χ0v) is 9.24. The number of nitrogens with two attached hydrogens (primary N) is 1. The third-order valence-corrected chi connectivity index (χ3v) is 3.87. The molecule has 2 rings (SSSR count). The summed E-state index contributed by atoms with van der Waals surface area (Å²) < 4.78 is 1.07. The van der Waals surface area contributed by atoms with Crippen LogP contribution >= 0.6 is 27.3 Å². The van der Waals surface area contributed by atoms with Crippen LogP contribution in [0, 0.1) is 6.92 Å². The van der Waals surface area contributed by atoms with E-state index in [1.165, 1.54) is 6.33 Å². The van der Waals surface area contributed by atoms with E-state index in [1.807, 2.05) is 6.92 Å². The summed E-state index contributed by atoms with van der Waals surface area (Å²) in [4.78, 5) is 9.13. The molecular formula is C7H7BrN4S. The lowest BCUT2D eigenvalue weighted by atomic mass is 10.2. The van der Waals surface area contributed by atoms with Gasteiger partial charge >= 0.3 is 0 Å². The largest absolute Gasteiger partial charge is 0.308 e. The Labute approximate surface area is 87.3 Å². The number of hydrazine groups is 1. The Hall–Kier alpha value is -0.720. The average molecular weight is 259 g/mol. The van der Waals surface area contributed by atoms with E-state index >= 15 is 0 Å². The minimum Gasteiger partial charge on any atom is -0.308 e. The van der Waals surface area contributed by atoms with Crippen LogP contribution < -0.4 is 11.3 Å². The summed E-state index contributed by atoms with van der Waals surface area (Å²) >= 11 is 5.03. The molecule has 0 aliphatic rings. The molecule has 4 nitrogen and oxygen atoms in total. The molecule has 0 unspecified atom stereocenters. The molecule has 0 aliphatic carbocycles. The molecule has 2 heterocycles. The third-order valence-electron chi connectivity index (χ3n) is 1.81. The van der Waals surface area contributed by atoms with Crippen molar-refractivity contribution in [2.24, 2.45) is 5.84 Å². The second-order valence-electron chi connectivity index (χ2n) is 2.55. The SMILES string of the molecule is Cc1c(Br)sc2ncnc(NN)c12. The van der Waals surface area contributed by atoms with Gasteiger partial charge in [0.05, 0.1) is 9.17 Å². The Balaban J connectivity index is 2.87. The van der Waals surface area contributed by atoms with E-state index in [0.717, 1.165) is 19.6 Å². The van der Waals surface area contributed by atoms with Gasteiger partial charge in [-0.2, -0.15) is 0 Å². The van der Waals surface area contributed by atoms with Gasteiger partial charge in [0.15, 0.2) is 5.82 Å². The maximum Gasteiger partial charge on any atom is 0.152 e. The number of halogens is 1. The number of hydrogen-bond acceptors (Lipinski definition) is 5. The molecule has 6 heteroatoms. The summed E-state index contributed by atoms with van der Waals surface area (Å²) in [5.74, 6) is 6.01. The minimum atomic E-state index is 0.671. The summed E-state index contributed by atoms with van der Waals surface area (Å²) in [5.41, 5.74) is 3.68. The summed E-state index contributed by atoms with van der Waals surface area (Å²) in [6.07, 6.45) is 1.50. The second-order valence-corrected chi connectivity index (χ2v) is 4.86. The number of aryl methyl sites for hydroxylation is 1. The van der Waals surface area contributed by atoms with Crippen molar-refractivity contribution < 1.29 is 0 Å². The third kappa shape index (κ3) is 1.31. The summed E-state index contributed by atoms with van der Waals surface area (Å²) in [7, 11) is 0. The number of rotatable bonds is 1. The molecule has 13 heavy (non-hydrogen) atoms. The Morgan fingerprint density at radius 3 is 3.00 bits per heavy atom. The van der Waals surface area contributed by atoms with Gasteiger partial charge in [0, 0.05) is 0 Å². The first-order chi connectivity index (χ1) is 6.24. The molecule has 0 saturated heterocycles. The normalized spacial score (nSPS) is 10.7. The van der Waals surface area contributed by atoms with Crippen LogP contribution in [0.3, 0.4) is 0 Å². The number of nitrogen functional groups attached to an aromatic ring is 1. The van der Waals surface area contributed by atoms with Crippen LogP contribution in [-0.2, 0) is 0 Å². The lowest BCUT2D eigenvalue weighted by Gasteiger charge is -1.99. The lowest BCUT2D eigenvalue weighted by molar-refractivity contribution is 1.19.